The van der Waals surface area contributed by atoms with E-state index in [1.165, 1.54) is 12.1 Å². The number of nitrogens with one attached hydrogen (secondary N) is 1. The lowest BCUT2D eigenvalue weighted by Crippen LogP contribution is -2.35. The number of carbonyl (C=O) groups is 2. The van der Waals surface area contributed by atoms with E-state index in [0.29, 0.717) is 5.41 Å². The molecular formula is C12H13NO6S. The molecule has 1 rings (SSSR count). The van der Waals surface area contributed by atoms with Crippen molar-refractivity contribution in [2.24, 2.45) is 0 Å². The Labute approximate surface area is 115 Å². The highest BCUT2D eigenvalue weighted by Crippen LogP contribution is 2.10. The molecule has 1 aromatic rings. The van der Waals surface area contributed by atoms with Crippen molar-refractivity contribution in [1.29, 1.82) is 0 Å². The molecule has 8 heteroatoms. The Morgan fingerprint density at radius 1 is 1.25 bits per heavy atom. The number of aliphatic hydroxyl groups is 1. The van der Waals surface area contributed by atoms with Crippen LogP contribution in [0.5, 0.6) is 0 Å². The maximum atomic E-state index is 11.8. The first-order valence-corrected chi connectivity index (χ1v) is 7.04. The normalized spacial score (nSPS) is 13.1. The number of rotatable bonds is 6. The lowest BCUT2D eigenvalue weighted by Gasteiger charge is -2.05. The van der Waals surface area contributed by atoms with Crippen LogP contribution < -0.4 is 5.32 Å². The third-order valence-corrected chi connectivity index (χ3v) is 3.65. The average molecular weight is 299 g/mol. The second kappa shape index (κ2) is 6.83. The standard InChI is InChI=1S/C12H13NO6S/c14-10(12(16)17)8-13-11(15)6-7-20(18,19)9-4-2-1-3-5-9/h1-7,10,14H,8H2,(H,13,15)(H,16,17)/b7-6+/t10-/m0/s1. The van der Waals surface area contributed by atoms with E-state index in [0.717, 1.165) is 6.08 Å². The summed E-state index contributed by atoms with van der Waals surface area (Å²) in [5, 5.41) is 20.1. The van der Waals surface area contributed by atoms with Crippen molar-refractivity contribution in [1.82, 2.24) is 5.32 Å². The number of carboxylic acids is 1. The van der Waals surface area contributed by atoms with Gasteiger partial charge in [0.2, 0.25) is 5.91 Å². The molecule has 0 unspecified atom stereocenters. The second-order valence-corrected chi connectivity index (χ2v) is 5.59. The van der Waals surface area contributed by atoms with Gasteiger partial charge in [0.15, 0.2) is 15.9 Å². The van der Waals surface area contributed by atoms with Crippen LogP contribution in [0.4, 0.5) is 0 Å². The third-order valence-electron chi connectivity index (χ3n) is 2.23. The molecule has 20 heavy (non-hydrogen) atoms. The lowest BCUT2D eigenvalue weighted by molar-refractivity contribution is -0.146. The van der Waals surface area contributed by atoms with Gasteiger partial charge < -0.3 is 15.5 Å². The molecule has 7 nitrogen and oxygen atoms in total. The van der Waals surface area contributed by atoms with Gasteiger partial charge in [-0.1, -0.05) is 18.2 Å². The van der Waals surface area contributed by atoms with Crippen molar-refractivity contribution >= 4 is 21.7 Å². The Balaban J connectivity index is 2.64. The number of sulfone groups is 1. The number of aliphatic carboxylic acids is 1. The van der Waals surface area contributed by atoms with Crippen LogP contribution >= 0.6 is 0 Å². The van der Waals surface area contributed by atoms with E-state index < -0.39 is 34.4 Å². The molecule has 0 radical (unpaired) electrons. The number of hydrogen-bond acceptors (Lipinski definition) is 5. The van der Waals surface area contributed by atoms with Crippen LogP contribution in [0, 0.1) is 0 Å². The first-order chi connectivity index (χ1) is 9.33. The van der Waals surface area contributed by atoms with Crippen LogP contribution in [-0.2, 0) is 19.4 Å². The molecule has 0 aliphatic heterocycles. The smallest absolute Gasteiger partial charge is 0.334 e. The SMILES string of the molecule is O=C(/C=C/S(=O)(=O)c1ccccc1)NC[C@H](O)C(=O)O. The summed E-state index contributed by atoms with van der Waals surface area (Å²) in [4.78, 5) is 21.6. The zero-order valence-corrected chi connectivity index (χ0v) is 11.1. The van der Waals surface area contributed by atoms with Gasteiger partial charge >= 0.3 is 5.97 Å². The molecule has 0 saturated carbocycles. The molecule has 1 amide bonds. The zero-order chi connectivity index (χ0) is 15.2. The number of hydrogen-bond donors (Lipinski definition) is 3. The van der Waals surface area contributed by atoms with Crippen LogP contribution in [-0.4, -0.2) is 43.2 Å². The molecule has 0 aromatic heterocycles. The van der Waals surface area contributed by atoms with E-state index in [9.17, 15) is 18.0 Å². The van der Waals surface area contributed by atoms with Crippen molar-refractivity contribution in [3.05, 3.63) is 41.8 Å². The highest BCUT2D eigenvalue weighted by Gasteiger charge is 2.14. The van der Waals surface area contributed by atoms with Crippen molar-refractivity contribution in [2.75, 3.05) is 6.54 Å². The van der Waals surface area contributed by atoms with Crippen LogP contribution in [0.1, 0.15) is 0 Å². The van der Waals surface area contributed by atoms with Crippen LogP contribution in [0.2, 0.25) is 0 Å². The lowest BCUT2D eigenvalue weighted by atomic mass is 10.3. The quantitative estimate of drug-likeness (QED) is 0.611. The van der Waals surface area contributed by atoms with Crippen molar-refractivity contribution in [3.8, 4) is 0 Å². The summed E-state index contributed by atoms with van der Waals surface area (Å²) in [6.45, 7) is -0.510. The molecule has 1 aromatic carbocycles. The van der Waals surface area contributed by atoms with E-state index in [4.69, 9.17) is 10.2 Å². The highest BCUT2D eigenvalue weighted by molar-refractivity contribution is 7.94. The van der Waals surface area contributed by atoms with E-state index >= 15 is 0 Å². The molecule has 0 aliphatic rings. The predicted octanol–water partition coefficient (Wildman–Crippen LogP) is -0.464. The molecule has 0 bridgehead atoms. The summed E-state index contributed by atoms with van der Waals surface area (Å²) in [5.74, 6) is -2.30. The summed E-state index contributed by atoms with van der Waals surface area (Å²) in [7, 11) is -3.73. The van der Waals surface area contributed by atoms with Gasteiger partial charge in [0, 0.05) is 11.5 Å². The Kier molecular flexibility index (Phi) is 5.42. The number of carboxylic acid groups (broad SMARTS) is 1. The average Bonchev–Trinajstić information content (AvgIpc) is 2.43. The molecule has 0 heterocycles. The molecule has 3 N–H and O–H groups in total. The van der Waals surface area contributed by atoms with Gasteiger partial charge in [-0.3, -0.25) is 4.79 Å². The Bertz CT molecular complexity index is 608. The fourth-order valence-electron chi connectivity index (χ4n) is 1.18. The fourth-order valence-corrected chi connectivity index (χ4v) is 2.18. The van der Waals surface area contributed by atoms with Gasteiger partial charge in [-0.15, -0.1) is 0 Å². The molecule has 1 atom stereocenters. The van der Waals surface area contributed by atoms with E-state index in [2.05, 4.69) is 5.32 Å². The molecule has 108 valence electrons. The highest BCUT2D eigenvalue weighted by atomic mass is 32.2. The number of amides is 1. The van der Waals surface area contributed by atoms with E-state index in [1.807, 2.05) is 0 Å². The summed E-state index contributed by atoms with van der Waals surface area (Å²) in [6.07, 6.45) is -0.977. The predicted molar refractivity (Wildman–Crippen MR) is 69.4 cm³/mol. The van der Waals surface area contributed by atoms with Crippen molar-refractivity contribution in [2.45, 2.75) is 11.0 Å². The van der Waals surface area contributed by atoms with Crippen molar-refractivity contribution in [3.63, 3.8) is 0 Å². The largest absolute Gasteiger partial charge is 0.479 e. The first-order valence-electron chi connectivity index (χ1n) is 5.50. The van der Waals surface area contributed by atoms with Crippen LogP contribution in [0.15, 0.2) is 46.7 Å². The van der Waals surface area contributed by atoms with Gasteiger partial charge in [0.05, 0.1) is 11.4 Å². The topological polar surface area (TPSA) is 121 Å². The fraction of sp³-hybridized carbons (Fsp3) is 0.167. The summed E-state index contributed by atoms with van der Waals surface area (Å²) in [6, 6.07) is 7.51. The summed E-state index contributed by atoms with van der Waals surface area (Å²) < 4.78 is 23.5. The molecular weight excluding hydrogens is 286 g/mol. The van der Waals surface area contributed by atoms with Gasteiger partial charge in [-0.05, 0) is 12.1 Å². The maximum absolute atomic E-state index is 11.8. The molecule has 0 saturated heterocycles. The van der Waals surface area contributed by atoms with Gasteiger partial charge in [-0.25, -0.2) is 13.2 Å². The number of aliphatic hydroxyl groups excluding tert-OH is 1. The molecule has 0 spiro atoms. The van der Waals surface area contributed by atoms with Crippen LogP contribution in [0.25, 0.3) is 0 Å². The molecule has 0 aliphatic carbocycles. The summed E-state index contributed by atoms with van der Waals surface area (Å²) in [5.41, 5.74) is 0. The van der Waals surface area contributed by atoms with Gasteiger partial charge in [0.25, 0.3) is 0 Å². The Morgan fingerprint density at radius 3 is 2.40 bits per heavy atom. The van der Waals surface area contributed by atoms with E-state index in [-0.39, 0.29) is 4.90 Å². The van der Waals surface area contributed by atoms with Crippen molar-refractivity contribution < 1.29 is 28.2 Å². The Morgan fingerprint density at radius 2 is 1.85 bits per heavy atom. The zero-order valence-electron chi connectivity index (χ0n) is 10.3. The maximum Gasteiger partial charge on any atom is 0.334 e. The number of benzene rings is 1. The van der Waals surface area contributed by atoms with E-state index in [1.54, 1.807) is 18.2 Å². The van der Waals surface area contributed by atoms with Crippen LogP contribution in [0.3, 0.4) is 0 Å². The monoisotopic (exact) mass is 299 g/mol. The minimum absolute atomic E-state index is 0.0367. The number of carbonyl (C=O) groups excluding carboxylic acids is 1. The minimum atomic E-state index is -3.73. The summed E-state index contributed by atoms with van der Waals surface area (Å²) >= 11 is 0. The molecule has 0 fully saturated rings. The van der Waals surface area contributed by atoms with Gasteiger partial charge in [0.1, 0.15) is 0 Å². The third kappa shape index (κ3) is 4.82. The Hall–Kier alpha value is -2.19. The van der Waals surface area contributed by atoms with Gasteiger partial charge in [-0.2, -0.15) is 0 Å². The minimum Gasteiger partial charge on any atom is -0.479 e. The first kappa shape index (κ1) is 15.9. The second-order valence-electron chi connectivity index (χ2n) is 3.76.